The second-order valence-corrected chi connectivity index (χ2v) is 3.05. The van der Waals surface area contributed by atoms with Crippen LogP contribution in [0.5, 0.6) is 0 Å². The third-order valence-corrected chi connectivity index (χ3v) is 1.74. The van der Waals surface area contributed by atoms with Gasteiger partial charge in [-0.1, -0.05) is 26.3 Å². The molecule has 0 spiro atoms. The molecular weight excluding hydrogens is 196 g/mol. The van der Waals surface area contributed by atoms with E-state index >= 15 is 0 Å². The normalized spacial score (nSPS) is 9.40. The van der Waals surface area contributed by atoms with Crippen molar-refractivity contribution in [3.05, 3.63) is 12.7 Å². The van der Waals surface area contributed by atoms with E-state index in [0.717, 1.165) is 25.3 Å². The molecule has 0 heterocycles. The van der Waals surface area contributed by atoms with Crippen LogP contribution in [-0.2, 0) is 19.1 Å². The molecule has 0 fully saturated rings. The molecule has 0 radical (unpaired) electrons. The van der Waals surface area contributed by atoms with E-state index < -0.39 is 5.97 Å². The van der Waals surface area contributed by atoms with Crippen LogP contribution in [0.15, 0.2) is 12.7 Å². The number of esters is 2. The van der Waals surface area contributed by atoms with Crippen molar-refractivity contribution in [3.8, 4) is 0 Å². The van der Waals surface area contributed by atoms with Crippen LogP contribution < -0.4 is 0 Å². The SMILES string of the molecule is C=CC(=O)OCCOC(=O)CCCCC. The van der Waals surface area contributed by atoms with Gasteiger partial charge in [0.25, 0.3) is 0 Å². The van der Waals surface area contributed by atoms with E-state index in [9.17, 15) is 9.59 Å². The van der Waals surface area contributed by atoms with Gasteiger partial charge in [-0.2, -0.15) is 0 Å². The molecule has 0 saturated heterocycles. The summed E-state index contributed by atoms with van der Waals surface area (Å²) in [5, 5.41) is 0. The summed E-state index contributed by atoms with van der Waals surface area (Å²) in [6, 6.07) is 0. The first-order valence-corrected chi connectivity index (χ1v) is 5.15. The zero-order valence-corrected chi connectivity index (χ0v) is 9.16. The fourth-order valence-corrected chi connectivity index (χ4v) is 0.948. The van der Waals surface area contributed by atoms with E-state index in [1.54, 1.807) is 0 Å². The van der Waals surface area contributed by atoms with E-state index in [4.69, 9.17) is 4.74 Å². The maximum Gasteiger partial charge on any atom is 0.330 e. The lowest BCUT2D eigenvalue weighted by molar-refractivity contribution is -0.149. The standard InChI is InChI=1S/C11H18O4/c1-3-5-6-7-11(13)15-9-8-14-10(12)4-2/h4H,2-3,5-9H2,1H3. The monoisotopic (exact) mass is 214 g/mol. The molecule has 0 unspecified atom stereocenters. The second-order valence-electron chi connectivity index (χ2n) is 3.05. The molecule has 0 aromatic carbocycles. The second kappa shape index (κ2) is 9.24. The van der Waals surface area contributed by atoms with Crippen LogP contribution in [0.4, 0.5) is 0 Å². The summed E-state index contributed by atoms with van der Waals surface area (Å²) in [6.07, 6.45) is 4.46. The summed E-state index contributed by atoms with van der Waals surface area (Å²) in [4.78, 5) is 21.6. The number of unbranched alkanes of at least 4 members (excludes halogenated alkanes) is 2. The molecule has 0 aliphatic heterocycles. The molecule has 0 aliphatic rings. The van der Waals surface area contributed by atoms with Crippen LogP contribution in [0.1, 0.15) is 32.6 Å². The average Bonchev–Trinajstić information content (AvgIpc) is 2.24. The first-order valence-electron chi connectivity index (χ1n) is 5.15. The van der Waals surface area contributed by atoms with Crippen molar-refractivity contribution in [2.75, 3.05) is 13.2 Å². The summed E-state index contributed by atoms with van der Waals surface area (Å²) in [5.41, 5.74) is 0. The maximum atomic E-state index is 11.0. The van der Waals surface area contributed by atoms with Gasteiger partial charge in [-0.3, -0.25) is 4.79 Å². The summed E-state index contributed by atoms with van der Waals surface area (Å²) in [5.74, 6) is -0.741. The van der Waals surface area contributed by atoms with Gasteiger partial charge in [0.15, 0.2) is 0 Å². The van der Waals surface area contributed by atoms with Gasteiger partial charge in [-0.05, 0) is 6.42 Å². The van der Waals surface area contributed by atoms with E-state index in [-0.39, 0.29) is 19.2 Å². The number of carbonyl (C=O) groups excluding carboxylic acids is 2. The molecule has 0 aromatic rings. The van der Waals surface area contributed by atoms with E-state index in [0.29, 0.717) is 6.42 Å². The van der Waals surface area contributed by atoms with Crippen molar-refractivity contribution in [1.82, 2.24) is 0 Å². The quantitative estimate of drug-likeness (QED) is 0.351. The zero-order valence-electron chi connectivity index (χ0n) is 9.16. The molecule has 86 valence electrons. The summed E-state index contributed by atoms with van der Waals surface area (Å²) in [6.45, 7) is 5.51. The minimum absolute atomic E-state index is 0.0877. The average molecular weight is 214 g/mol. The minimum atomic E-state index is -0.503. The van der Waals surface area contributed by atoms with Gasteiger partial charge in [-0.25, -0.2) is 4.79 Å². The molecule has 0 amide bonds. The highest BCUT2D eigenvalue weighted by atomic mass is 16.6. The first kappa shape index (κ1) is 13.7. The lowest BCUT2D eigenvalue weighted by Crippen LogP contribution is -2.12. The highest BCUT2D eigenvalue weighted by molar-refractivity contribution is 5.81. The van der Waals surface area contributed by atoms with E-state index in [1.165, 1.54) is 0 Å². The Morgan fingerprint density at radius 1 is 1.20 bits per heavy atom. The van der Waals surface area contributed by atoms with Crippen molar-refractivity contribution in [3.63, 3.8) is 0 Å². The molecule has 4 heteroatoms. The van der Waals surface area contributed by atoms with Crippen LogP contribution in [-0.4, -0.2) is 25.2 Å². The number of hydrogen-bond donors (Lipinski definition) is 0. The lowest BCUT2D eigenvalue weighted by Gasteiger charge is -2.04. The number of ether oxygens (including phenoxy) is 2. The van der Waals surface area contributed by atoms with Crippen molar-refractivity contribution in [2.24, 2.45) is 0 Å². The molecule has 0 atom stereocenters. The highest BCUT2D eigenvalue weighted by Gasteiger charge is 2.02. The smallest absolute Gasteiger partial charge is 0.330 e. The Balaban J connectivity index is 3.31. The van der Waals surface area contributed by atoms with Gasteiger partial charge < -0.3 is 9.47 Å². The number of hydrogen-bond acceptors (Lipinski definition) is 4. The maximum absolute atomic E-state index is 11.0. The van der Waals surface area contributed by atoms with Crippen LogP contribution in [0.25, 0.3) is 0 Å². The highest BCUT2D eigenvalue weighted by Crippen LogP contribution is 2.00. The molecule has 0 bridgehead atoms. The lowest BCUT2D eigenvalue weighted by atomic mass is 10.2. The predicted octanol–water partition coefficient (Wildman–Crippen LogP) is 1.84. The van der Waals surface area contributed by atoms with Crippen LogP contribution >= 0.6 is 0 Å². The van der Waals surface area contributed by atoms with E-state index in [1.807, 2.05) is 0 Å². The Kier molecular flexibility index (Phi) is 8.43. The zero-order chi connectivity index (χ0) is 11.5. The Hall–Kier alpha value is -1.32. The number of carbonyl (C=O) groups is 2. The molecular formula is C11H18O4. The molecule has 4 nitrogen and oxygen atoms in total. The Morgan fingerprint density at radius 2 is 1.87 bits per heavy atom. The summed E-state index contributed by atoms with van der Waals surface area (Å²) >= 11 is 0. The van der Waals surface area contributed by atoms with Gasteiger partial charge >= 0.3 is 11.9 Å². The van der Waals surface area contributed by atoms with Gasteiger partial charge in [0, 0.05) is 12.5 Å². The fraction of sp³-hybridized carbons (Fsp3) is 0.636. The van der Waals surface area contributed by atoms with Crippen molar-refractivity contribution in [2.45, 2.75) is 32.6 Å². The summed E-state index contributed by atoms with van der Waals surface area (Å²) in [7, 11) is 0. The van der Waals surface area contributed by atoms with Crippen molar-refractivity contribution in [1.29, 1.82) is 0 Å². The van der Waals surface area contributed by atoms with Gasteiger partial charge in [0.05, 0.1) is 0 Å². The Labute approximate surface area is 90.2 Å². The largest absolute Gasteiger partial charge is 0.462 e. The fourth-order valence-electron chi connectivity index (χ4n) is 0.948. The minimum Gasteiger partial charge on any atom is -0.462 e. The van der Waals surface area contributed by atoms with Gasteiger partial charge in [0.1, 0.15) is 13.2 Å². The molecule has 0 rings (SSSR count). The predicted molar refractivity (Wildman–Crippen MR) is 56.3 cm³/mol. The molecule has 0 aliphatic carbocycles. The molecule has 0 N–H and O–H groups in total. The molecule has 0 saturated carbocycles. The Bertz CT molecular complexity index is 211. The van der Waals surface area contributed by atoms with Crippen LogP contribution in [0.3, 0.4) is 0 Å². The van der Waals surface area contributed by atoms with Gasteiger partial charge in [0.2, 0.25) is 0 Å². The first-order chi connectivity index (χ1) is 7.20. The third kappa shape index (κ3) is 9.00. The number of rotatable bonds is 8. The third-order valence-electron chi connectivity index (χ3n) is 1.74. The van der Waals surface area contributed by atoms with E-state index in [2.05, 4.69) is 18.2 Å². The van der Waals surface area contributed by atoms with Gasteiger partial charge in [-0.15, -0.1) is 0 Å². The summed E-state index contributed by atoms with van der Waals surface area (Å²) < 4.78 is 9.47. The van der Waals surface area contributed by atoms with Crippen molar-refractivity contribution >= 4 is 11.9 Å². The van der Waals surface area contributed by atoms with Crippen LogP contribution in [0.2, 0.25) is 0 Å². The molecule has 0 aromatic heterocycles. The van der Waals surface area contributed by atoms with Crippen LogP contribution in [0, 0.1) is 0 Å². The van der Waals surface area contributed by atoms with Crippen molar-refractivity contribution < 1.29 is 19.1 Å². The molecule has 15 heavy (non-hydrogen) atoms. The Morgan fingerprint density at radius 3 is 2.47 bits per heavy atom. The topological polar surface area (TPSA) is 52.6 Å².